The molecule has 0 spiro atoms. The average molecular weight is 321 g/mol. The van der Waals surface area contributed by atoms with Crippen LogP contribution in [0.5, 0.6) is 0 Å². The molecule has 0 atom stereocenters. The number of hydrogen-bond donors (Lipinski definition) is 1. The third kappa shape index (κ3) is 2.39. The highest BCUT2D eigenvalue weighted by atomic mass is 32.1. The van der Waals surface area contributed by atoms with Gasteiger partial charge in [0, 0.05) is 16.8 Å². The summed E-state index contributed by atoms with van der Waals surface area (Å²) < 4.78 is 6.41. The first kappa shape index (κ1) is 14.0. The smallest absolute Gasteiger partial charge is 0.141 e. The first-order valence-electron chi connectivity index (χ1n) is 7.31. The lowest BCUT2D eigenvalue weighted by molar-refractivity contribution is 0.393. The van der Waals surface area contributed by atoms with Gasteiger partial charge in [0.05, 0.1) is 15.9 Å². The molecule has 0 amide bonds. The minimum Gasteiger partial charge on any atom is -0.399 e. The van der Waals surface area contributed by atoms with Crippen molar-refractivity contribution in [3.05, 3.63) is 53.9 Å². The summed E-state index contributed by atoms with van der Waals surface area (Å²) in [5.41, 5.74) is 11.7. The lowest BCUT2D eigenvalue weighted by Gasteiger charge is -1.99. The van der Waals surface area contributed by atoms with Crippen molar-refractivity contribution in [2.24, 2.45) is 0 Å². The summed E-state index contributed by atoms with van der Waals surface area (Å²) in [5.74, 6) is 0.836. The molecule has 2 aromatic heterocycles. The quantitative estimate of drug-likeness (QED) is 0.538. The number of aromatic nitrogens is 2. The van der Waals surface area contributed by atoms with Gasteiger partial charge in [-0.1, -0.05) is 23.4 Å². The number of benzene rings is 2. The Morgan fingerprint density at radius 2 is 1.91 bits per heavy atom. The fraction of sp³-hybridized carbons (Fsp3) is 0.111. The molecule has 2 N–H and O–H groups in total. The molecule has 0 aliphatic rings. The van der Waals surface area contributed by atoms with Crippen molar-refractivity contribution in [1.82, 2.24) is 10.1 Å². The first-order chi connectivity index (χ1) is 11.1. The predicted octanol–water partition coefficient (Wildman–Crippen LogP) is 4.82. The lowest BCUT2D eigenvalue weighted by atomic mass is 10.0. The van der Waals surface area contributed by atoms with Gasteiger partial charge in [0.15, 0.2) is 0 Å². The van der Waals surface area contributed by atoms with Gasteiger partial charge in [-0.3, -0.25) is 0 Å². The molecule has 0 unspecified atom stereocenters. The van der Waals surface area contributed by atoms with Gasteiger partial charge in [-0.2, -0.15) is 0 Å². The zero-order valence-corrected chi connectivity index (χ0v) is 13.6. The Balaban J connectivity index is 1.84. The highest BCUT2D eigenvalue weighted by Crippen LogP contribution is 2.35. The van der Waals surface area contributed by atoms with Crippen LogP contribution in [0.25, 0.3) is 31.9 Å². The minimum absolute atomic E-state index is 0.748. The third-order valence-corrected chi connectivity index (χ3v) is 4.91. The molecular formula is C18H15N3OS. The molecule has 4 nitrogen and oxygen atoms in total. The van der Waals surface area contributed by atoms with Gasteiger partial charge in [-0.25, -0.2) is 4.98 Å². The Bertz CT molecular complexity index is 997. The topological polar surface area (TPSA) is 64.9 Å². The van der Waals surface area contributed by atoms with E-state index in [1.807, 2.05) is 44.2 Å². The zero-order chi connectivity index (χ0) is 16.0. The van der Waals surface area contributed by atoms with E-state index in [-0.39, 0.29) is 0 Å². The van der Waals surface area contributed by atoms with Crippen LogP contribution in [0.4, 0.5) is 5.69 Å². The van der Waals surface area contributed by atoms with Gasteiger partial charge >= 0.3 is 0 Å². The lowest BCUT2D eigenvalue weighted by Crippen LogP contribution is -1.84. The van der Waals surface area contributed by atoms with E-state index in [4.69, 9.17) is 15.2 Å². The van der Waals surface area contributed by atoms with E-state index in [2.05, 4.69) is 17.3 Å². The SMILES string of the molecule is Cc1noc(C)c1-c1ccc2nc(-c3cccc(N)c3)sc2c1. The molecular weight excluding hydrogens is 306 g/mol. The highest BCUT2D eigenvalue weighted by Gasteiger charge is 2.13. The second kappa shape index (κ2) is 5.21. The van der Waals surface area contributed by atoms with Crippen LogP contribution in [0.3, 0.4) is 0 Å². The maximum atomic E-state index is 5.87. The van der Waals surface area contributed by atoms with E-state index >= 15 is 0 Å². The standard InChI is InChI=1S/C18H15N3OS/c1-10-17(11(2)22-21-10)12-6-7-15-16(9-12)23-18(20-15)13-4-3-5-14(19)8-13/h3-9H,19H2,1-2H3. The molecule has 2 heterocycles. The Hall–Kier alpha value is -2.66. The molecule has 0 saturated carbocycles. The number of anilines is 1. The summed E-state index contributed by atoms with van der Waals surface area (Å²) in [7, 11) is 0. The first-order valence-corrected chi connectivity index (χ1v) is 8.13. The van der Waals surface area contributed by atoms with Crippen LogP contribution >= 0.6 is 11.3 Å². The molecule has 5 heteroatoms. The number of hydrogen-bond acceptors (Lipinski definition) is 5. The number of nitrogens with zero attached hydrogens (tertiary/aromatic N) is 2. The van der Waals surface area contributed by atoms with Crippen molar-refractivity contribution in [3.8, 4) is 21.7 Å². The molecule has 0 fully saturated rings. The van der Waals surface area contributed by atoms with Crippen LogP contribution < -0.4 is 5.73 Å². The molecule has 0 aliphatic heterocycles. The molecule has 114 valence electrons. The van der Waals surface area contributed by atoms with Gasteiger partial charge in [-0.15, -0.1) is 11.3 Å². The van der Waals surface area contributed by atoms with Crippen molar-refractivity contribution in [2.45, 2.75) is 13.8 Å². The second-order valence-electron chi connectivity index (χ2n) is 5.53. The largest absolute Gasteiger partial charge is 0.399 e. The number of nitrogen functional groups attached to an aromatic ring is 1. The van der Waals surface area contributed by atoms with Crippen molar-refractivity contribution >= 4 is 27.2 Å². The Labute approximate surface area is 137 Å². The molecule has 4 aromatic rings. The van der Waals surface area contributed by atoms with E-state index in [0.29, 0.717) is 0 Å². The fourth-order valence-corrected chi connectivity index (χ4v) is 3.77. The van der Waals surface area contributed by atoms with E-state index in [9.17, 15) is 0 Å². The zero-order valence-electron chi connectivity index (χ0n) is 12.8. The van der Waals surface area contributed by atoms with Crippen LogP contribution in [0.1, 0.15) is 11.5 Å². The molecule has 0 bridgehead atoms. The summed E-state index contributed by atoms with van der Waals surface area (Å²) in [6, 6.07) is 14.1. The predicted molar refractivity (Wildman–Crippen MR) is 94.4 cm³/mol. The maximum Gasteiger partial charge on any atom is 0.141 e. The molecule has 0 radical (unpaired) electrons. The molecule has 4 rings (SSSR count). The van der Waals surface area contributed by atoms with Gasteiger partial charge in [-0.05, 0) is 43.7 Å². The van der Waals surface area contributed by atoms with E-state index in [1.165, 1.54) is 0 Å². The second-order valence-corrected chi connectivity index (χ2v) is 6.56. The van der Waals surface area contributed by atoms with Crippen LogP contribution in [0, 0.1) is 13.8 Å². The van der Waals surface area contributed by atoms with E-state index in [1.54, 1.807) is 11.3 Å². The fourth-order valence-electron chi connectivity index (χ4n) is 2.77. The van der Waals surface area contributed by atoms with E-state index < -0.39 is 0 Å². The molecule has 23 heavy (non-hydrogen) atoms. The van der Waals surface area contributed by atoms with Gasteiger partial charge in [0.2, 0.25) is 0 Å². The van der Waals surface area contributed by atoms with Crippen molar-refractivity contribution in [2.75, 3.05) is 5.73 Å². The summed E-state index contributed by atoms with van der Waals surface area (Å²) in [6.07, 6.45) is 0. The van der Waals surface area contributed by atoms with Gasteiger partial charge in [0.1, 0.15) is 10.8 Å². The van der Waals surface area contributed by atoms with Gasteiger partial charge < -0.3 is 10.3 Å². The van der Waals surface area contributed by atoms with E-state index in [0.717, 1.165) is 49.1 Å². The minimum atomic E-state index is 0.748. The van der Waals surface area contributed by atoms with Crippen LogP contribution in [-0.4, -0.2) is 10.1 Å². The Kier molecular flexibility index (Phi) is 3.16. The molecule has 2 aromatic carbocycles. The summed E-state index contributed by atoms with van der Waals surface area (Å²) in [5, 5.41) is 5.01. The Morgan fingerprint density at radius 1 is 1.04 bits per heavy atom. The monoisotopic (exact) mass is 321 g/mol. The van der Waals surface area contributed by atoms with Crippen LogP contribution in [0.15, 0.2) is 47.0 Å². The summed E-state index contributed by atoms with van der Waals surface area (Å²) in [6.45, 7) is 3.89. The number of nitrogens with two attached hydrogens (primary N) is 1. The number of thiazole rings is 1. The highest BCUT2D eigenvalue weighted by molar-refractivity contribution is 7.21. The van der Waals surface area contributed by atoms with Crippen molar-refractivity contribution in [1.29, 1.82) is 0 Å². The summed E-state index contributed by atoms with van der Waals surface area (Å²) >= 11 is 1.66. The van der Waals surface area contributed by atoms with Crippen LogP contribution in [0.2, 0.25) is 0 Å². The molecule has 0 saturated heterocycles. The number of rotatable bonds is 2. The van der Waals surface area contributed by atoms with Crippen molar-refractivity contribution < 1.29 is 4.52 Å². The Morgan fingerprint density at radius 3 is 2.65 bits per heavy atom. The third-order valence-electron chi connectivity index (χ3n) is 3.84. The molecule has 0 aliphatic carbocycles. The number of fused-ring (bicyclic) bond motifs is 1. The number of aryl methyl sites for hydroxylation is 2. The van der Waals surface area contributed by atoms with Crippen molar-refractivity contribution in [3.63, 3.8) is 0 Å². The summed E-state index contributed by atoms with van der Waals surface area (Å²) in [4.78, 5) is 4.72. The van der Waals surface area contributed by atoms with Crippen LogP contribution in [-0.2, 0) is 0 Å². The normalized spacial score (nSPS) is 11.2. The maximum absolute atomic E-state index is 5.87. The average Bonchev–Trinajstić information content (AvgIpc) is 3.10. The van der Waals surface area contributed by atoms with Gasteiger partial charge in [0.25, 0.3) is 0 Å².